The molecule has 0 spiro atoms. The molecule has 118 valence electrons. The van der Waals surface area contributed by atoms with Crippen molar-refractivity contribution >= 4 is 28.4 Å². The standard InChI is InChI=1S/C16H14ClN3O3/c1-19(8-12-3-2-6-23-12)15(21)9-20-10-18-14-5-4-11(17)7-13(14)16(20)22/h2-7,10H,8-9H2,1H3. The minimum absolute atomic E-state index is 0.0918. The van der Waals surface area contributed by atoms with E-state index in [1.54, 1.807) is 43.6 Å². The van der Waals surface area contributed by atoms with Crippen LogP contribution in [0.25, 0.3) is 10.9 Å². The van der Waals surface area contributed by atoms with Crippen LogP contribution in [0.1, 0.15) is 5.76 Å². The highest BCUT2D eigenvalue weighted by atomic mass is 35.5. The van der Waals surface area contributed by atoms with Gasteiger partial charge in [-0.15, -0.1) is 0 Å². The van der Waals surface area contributed by atoms with Gasteiger partial charge in [-0.3, -0.25) is 14.2 Å². The molecule has 0 unspecified atom stereocenters. The highest BCUT2D eigenvalue weighted by Crippen LogP contribution is 2.14. The normalized spacial score (nSPS) is 10.9. The minimum atomic E-state index is -0.294. The SMILES string of the molecule is CN(Cc1ccco1)C(=O)Cn1cnc2ccc(Cl)cc2c1=O. The molecule has 3 aromatic rings. The maximum absolute atomic E-state index is 12.4. The average Bonchev–Trinajstić information content (AvgIpc) is 3.03. The van der Waals surface area contributed by atoms with Gasteiger partial charge in [0.15, 0.2) is 0 Å². The molecule has 0 aliphatic carbocycles. The van der Waals surface area contributed by atoms with Crippen LogP contribution in [0.5, 0.6) is 0 Å². The number of carbonyl (C=O) groups is 1. The van der Waals surface area contributed by atoms with Crippen LogP contribution in [0, 0.1) is 0 Å². The molecule has 0 saturated carbocycles. The summed E-state index contributed by atoms with van der Waals surface area (Å²) in [4.78, 5) is 30.4. The average molecular weight is 332 g/mol. The van der Waals surface area contributed by atoms with Crippen molar-refractivity contribution in [3.63, 3.8) is 0 Å². The predicted molar refractivity (Wildman–Crippen MR) is 86.2 cm³/mol. The van der Waals surface area contributed by atoms with Crippen LogP contribution in [0.2, 0.25) is 5.02 Å². The molecule has 0 bridgehead atoms. The van der Waals surface area contributed by atoms with Crippen molar-refractivity contribution in [1.29, 1.82) is 0 Å². The lowest BCUT2D eigenvalue weighted by molar-refractivity contribution is -0.131. The van der Waals surface area contributed by atoms with E-state index in [0.717, 1.165) is 0 Å². The van der Waals surface area contributed by atoms with Gasteiger partial charge in [0.1, 0.15) is 12.3 Å². The van der Waals surface area contributed by atoms with Crippen molar-refractivity contribution in [3.8, 4) is 0 Å². The molecule has 2 aromatic heterocycles. The summed E-state index contributed by atoms with van der Waals surface area (Å²) >= 11 is 5.92. The lowest BCUT2D eigenvalue weighted by atomic mass is 10.2. The quantitative estimate of drug-likeness (QED) is 0.735. The van der Waals surface area contributed by atoms with Crippen molar-refractivity contribution in [3.05, 3.63) is 64.1 Å². The molecule has 1 aromatic carbocycles. The third kappa shape index (κ3) is 3.27. The summed E-state index contributed by atoms with van der Waals surface area (Å²) in [5.41, 5.74) is 0.254. The number of fused-ring (bicyclic) bond motifs is 1. The molecule has 1 amide bonds. The number of carbonyl (C=O) groups excluding carboxylic acids is 1. The van der Waals surface area contributed by atoms with E-state index in [0.29, 0.717) is 28.2 Å². The van der Waals surface area contributed by atoms with Gasteiger partial charge in [0.25, 0.3) is 5.56 Å². The Hall–Kier alpha value is -2.60. The highest BCUT2D eigenvalue weighted by Gasteiger charge is 2.13. The lowest BCUT2D eigenvalue weighted by Gasteiger charge is -2.16. The van der Waals surface area contributed by atoms with Gasteiger partial charge in [-0.2, -0.15) is 0 Å². The van der Waals surface area contributed by atoms with Crippen molar-refractivity contribution in [1.82, 2.24) is 14.5 Å². The summed E-state index contributed by atoms with van der Waals surface area (Å²) in [6, 6.07) is 8.45. The summed E-state index contributed by atoms with van der Waals surface area (Å²) in [7, 11) is 1.65. The molecule has 0 saturated heterocycles. The number of hydrogen-bond donors (Lipinski definition) is 0. The van der Waals surface area contributed by atoms with Crippen LogP contribution in [0.4, 0.5) is 0 Å². The molecule has 0 fully saturated rings. The van der Waals surface area contributed by atoms with Crippen LogP contribution in [0.3, 0.4) is 0 Å². The van der Waals surface area contributed by atoms with Crippen LogP contribution in [-0.2, 0) is 17.9 Å². The lowest BCUT2D eigenvalue weighted by Crippen LogP contribution is -2.33. The number of amides is 1. The molecule has 6 nitrogen and oxygen atoms in total. The largest absolute Gasteiger partial charge is 0.467 e. The summed E-state index contributed by atoms with van der Waals surface area (Å²) in [5, 5.41) is 0.844. The summed E-state index contributed by atoms with van der Waals surface area (Å²) < 4.78 is 6.49. The number of rotatable bonds is 4. The van der Waals surface area contributed by atoms with Gasteiger partial charge < -0.3 is 9.32 Å². The van der Waals surface area contributed by atoms with Crippen molar-refractivity contribution in [2.24, 2.45) is 0 Å². The smallest absolute Gasteiger partial charge is 0.261 e. The number of nitrogens with zero attached hydrogens (tertiary/aromatic N) is 3. The second-order valence-electron chi connectivity index (χ2n) is 5.17. The van der Waals surface area contributed by atoms with Gasteiger partial charge in [0.05, 0.1) is 30.0 Å². The molecule has 7 heteroatoms. The second kappa shape index (κ2) is 6.26. The molecule has 0 N–H and O–H groups in total. The van der Waals surface area contributed by atoms with Gasteiger partial charge >= 0.3 is 0 Å². The van der Waals surface area contributed by atoms with Crippen molar-refractivity contribution in [2.45, 2.75) is 13.1 Å². The molecule has 2 heterocycles. The first kappa shape index (κ1) is 15.3. The third-order valence-corrected chi connectivity index (χ3v) is 3.73. The Morgan fingerprint density at radius 3 is 2.96 bits per heavy atom. The summed E-state index contributed by atoms with van der Waals surface area (Å²) in [6.45, 7) is 0.249. The molecule has 0 atom stereocenters. The van der Waals surface area contributed by atoms with E-state index in [4.69, 9.17) is 16.0 Å². The Morgan fingerprint density at radius 2 is 2.22 bits per heavy atom. The number of benzene rings is 1. The van der Waals surface area contributed by atoms with E-state index in [-0.39, 0.29) is 18.0 Å². The Labute approximate surface area is 136 Å². The Kier molecular flexibility index (Phi) is 4.16. The zero-order chi connectivity index (χ0) is 16.4. The fraction of sp³-hybridized carbons (Fsp3) is 0.188. The van der Waals surface area contributed by atoms with E-state index in [2.05, 4.69) is 4.98 Å². The van der Waals surface area contributed by atoms with Gasteiger partial charge in [0.2, 0.25) is 5.91 Å². The number of likely N-dealkylation sites (N-methyl/N-ethyl adjacent to an activating group) is 1. The first-order valence-electron chi connectivity index (χ1n) is 6.95. The van der Waals surface area contributed by atoms with Crippen LogP contribution < -0.4 is 5.56 Å². The number of hydrogen-bond acceptors (Lipinski definition) is 4. The third-order valence-electron chi connectivity index (χ3n) is 3.49. The monoisotopic (exact) mass is 331 g/mol. The van der Waals surface area contributed by atoms with Crippen LogP contribution in [-0.4, -0.2) is 27.4 Å². The number of furan rings is 1. The van der Waals surface area contributed by atoms with E-state index in [1.807, 2.05) is 0 Å². The zero-order valence-corrected chi connectivity index (χ0v) is 13.2. The van der Waals surface area contributed by atoms with Crippen molar-refractivity contribution < 1.29 is 9.21 Å². The van der Waals surface area contributed by atoms with Gasteiger partial charge in [0, 0.05) is 12.1 Å². The predicted octanol–water partition coefficient (Wildman–Crippen LogP) is 2.30. The van der Waals surface area contributed by atoms with Gasteiger partial charge in [-0.25, -0.2) is 4.98 Å². The fourth-order valence-electron chi connectivity index (χ4n) is 2.23. The Balaban J connectivity index is 1.82. The van der Waals surface area contributed by atoms with Crippen LogP contribution in [0.15, 0.2) is 52.1 Å². The first-order chi connectivity index (χ1) is 11.0. The van der Waals surface area contributed by atoms with E-state index in [1.165, 1.54) is 15.8 Å². The van der Waals surface area contributed by atoms with Gasteiger partial charge in [-0.1, -0.05) is 11.6 Å². The fourth-order valence-corrected chi connectivity index (χ4v) is 2.41. The molecule has 0 radical (unpaired) electrons. The summed E-state index contributed by atoms with van der Waals surface area (Å²) in [6.07, 6.45) is 2.92. The molecule has 23 heavy (non-hydrogen) atoms. The maximum atomic E-state index is 12.4. The Morgan fingerprint density at radius 1 is 1.39 bits per heavy atom. The molecule has 3 rings (SSSR count). The first-order valence-corrected chi connectivity index (χ1v) is 7.33. The highest BCUT2D eigenvalue weighted by molar-refractivity contribution is 6.31. The van der Waals surface area contributed by atoms with Crippen LogP contribution >= 0.6 is 11.6 Å². The van der Waals surface area contributed by atoms with Gasteiger partial charge in [-0.05, 0) is 30.3 Å². The Bertz CT molecular complexity index is 903. The topological polar surface area (TPSA) is 68.3 Å². The molecular weight excluding hydrogens is 318 g/mol. The van der Waals surface area contributed by atoms with Crippen molar-refractivity contribution in [2.75, 3.05) is 7.05 Å². The zero-order valence-electron chi connectivity index (χ0n) is 12.4. The molecular formula is C16H14ClN3O3. The second-order valence-corrected chi connectivity index (χ2v) is 5.60. The number of aromatic nitrogens is 2. The van der Waals surface area contributed by atoms with E-state index < -0.39 is 0 Å². The minimum Gasteiger partial charge on any atom is -0.467 e. The van der Waals surface area contributed by atoms with E-state index >= 15 is 0 Å². The maximum Gasteiger partial charge on any atom is 0.261 e. The van der Waals surface area contributed by atoms with E-state index in [9.17, 15) is 9.59 Å². The molecule has 0 aliphatic rings. The summed E-state index contributed by atoms with van der Waals surface area (Å²) in [5.74, 6) is 0.461. The number of halogens is 1. The molecule has 0 aliphatic heterocycles.